The quantitative estimate of drug-likeness (QED) is 0.435. The van der Waals surface area contributed by atoms with E-state index in [1.165, 1.54) is 24.3 Å². The molecule has 1 rings (SSSR count). The summed E-state index contributed by atoms with van der Waals surface area (Å²) in [5.41, 5.74) is 0. The number of esters is 2. The lowest BCUT2D eigenvalue weighted by molar-refractivity contribution is -0.161. The van der Waals surface area contributed by atoms with Gasteiger partial charge in [-0.2, -0.15) is 0 Å². The van der Waals surface area contributed by atoms with Crippen molar-refractivity contribution in [1.82, 2.24) is 0 Å². The van der Waals surface area contributed by atoms with E-state index >= 15 is 0 Å². The van der Waals surface area contributed by atoms with Gasteiger partial charge in [0.1, 0.15) is 6.10 Å². The van der Waals surface area contributed by atoms with Crippen LogP contribution in [-0.2, 0) is 19.1 Å². The van der Waals surface area contributed by atoms with Crippen molar-refractivity contribution in [3.8, 4) is 0 Å². The Hall–Kier alpha value is -1.66. The molecule has 0 fully saturated rings. The number of carbonyl (C=O) groups is 2. The van der Waals surface area contributed by atoms with Gasteiger partial charge in [0.2, 0.25) is 0 Å². The fourth-order valence-corrected chi connectivity index (χ4v) is 1.72. The number of cyclic esters (lactones) is 1. The predicted molar refractivity (Wildman–Crippen MR) is 70.6 cm³/mol. The molecule has 0 aromatic rings. The third kappa shape index (κ3) is 5.14. The molecule has 0 saturated carbocycles. The van der Waals surface area contributed by atoms with Crippen molar-refractivity contribution in [2.75, 3.05) is 0 Å². The van der Waals surface area contributed by atoms with Gasteiger partial charge in [0.25, 0.3) is 0 Å². The second-order valence-corrected chi connectivity index (χ2v) is 4.58. The zero-order chi connectivity index (χ0) is 15.1. The molecule has 0 saturated heterocycles. The van der Waals surface area contributed by atoms with Gasteiger partial charge in [0.15, 0.2) is 6.10 Å². The van der Waals surface area contributed by atoms with Gasteiger partial charge in [-0.15, -0.1) is 0 Å². The van der Waals surface area contributed by atoms with Crippen molar-refractivity contribution in [3.05, 3.63) is 24.3 Å². The minimum atomic E-state index is -1.11. The molecule has 6 nitrogen and oxygen atoms in total. The van der Waals surface area contributed by atoms with Crippen LogP contribution in [-0.4, -0.2) is 46.6 Å². The molecule has 0 aromatic carbocycles. The largest absolute Gasteiger partial charge is 0.458 e. The Bertz CT molecular complexity index is 400. The Kier molecular flexibility index (Phi) is 6.41. The first-order valence-corrected chi connectivity index (χ1v) is 6.51. The van der Waals surface area contributed by atoms with Crippen LogP contribution in [0.15, 0.2) is 24.3 Å². The summed E-state index contributed by atoms with van der Waals surface area (Å²) in [6.07, 6.45) is 1.97. The van der Waals surface area contributed by atoms with E-state index in [4.69, 9.17) is 9.47 Å². The Morgan fingerprint density at radius 3 is 2.80 bits per heavy atom. The number of allylic oxidation sites excluding steroid dienone is 1. The number of ether oxygens (including phenoxy) is 2. The number of aliphatic hydroxyl groups is 2. The number of aliphatic hydroxyl groups excluding tert-OH is 2. The summed E-state index contributed by atoms with van der Waals surface area (Å²) in [7, 11) is 0. The number of hydrogen-bond acceptors (Lipinski definition) is 6. The monoisotopic (exact) mass is 284 g/mol. The zero-order valence-corrected chi connectivity index (χ0v) is 11.6. The molecular weight excluding hydrogens is 264 g/mol. The number of carbonyl (C=O) groups excluding carboxylic acids is 2. The Labute approximate surface area is 117 Å². The highest BCUT2D eigenvalue weighted by molar-refractivity contribution is 5.82. The molecule has 0 aromatic heterocycles. The van der Waals surface area contributed by atoms with Crippen molar-refractivity contribution >= 4 is 11.9 Å². The van der Waals surface area contributed by atoms with E-state index in [1.807, 2.05) is 0 Å². The molecule has 20 heavy (non-hydrogen) atoms. The maximum atomic E-state index is 11.5. The van der Waals surface area contributed by atoms with Crippen LogP contribution >= 0.6 is 0 Å². The first-order valence-electron chi connectivity index (χ1n) is 6.51. The van der Waals surface area contributed by atoms with Gasteiger partial charge < -0.3 is 19.7 Å². The molecule has 0 aliphatic carbocycles. The normalized spacial score (nSPS) is 33.5. The van der Waals surface area contributed by atoms with Gasteiger partial charge in [-0.3, -0.25) is 4.79 Å². The maximum Gasteiger partial charge on any atom is 0.331 e. The van der Waals surface area contributed by atoms with Crippen molar-refractivity contribution in [2.45, 2.75) is 51.1 Å². The van der Waals surface area contributed by atoms with Crippen molar-refractivity contribution in [3.63, 3.8) is 0 Å². The lowest BCUT2D eigenvalue weighted by Crippen LogP contribution is -2.34. The average molecular weight is 284 g/mol. The molecule has 0 spiro atoms. The third-order valence-electron chi connectivity index (χ3n) is 2.87. The van der Waals surface area contributed by atoms with E-state index in [0.29, 0.717) is 0 Å². The summed E-state index contributed by atoms with van der Waals surface area (Å²) in [4.78, 5) is 23.0. The second kappa shape index (κ2) is 7.81. The smallest absolute Gasteiger partial charge is 0.331 e. The number of rotatable bonds is 2. The summed E-state index contributed by atoms with van der Waals surface area (Å²) in [6.45, 7) is 3.27. The molecule has 4 unspecified atom stereocenters. The van der Waals surface area contributed by atoms with E-state index in [1.54, 1.807) is 13.8 Å². The van der Waals surface area contributed by atoms with Crippen LogP contribution in [0.3, 0.4) is 0 Å². The van der Waals surface area contributed by atoms with Crippen LogP contribution in [0.25, 0.3) is 0 Å². The topological polar surface area (TPSA) is 93.1 Å². The van der Waals surface area contributed by atoms with Crippen LogP contribution < -0.4 is 0 Å². The lowest BCUT2D eigenvalue weighted by Gasteiger charge is -2.24. The molecular formula is C14H20O6. The van der Waals surface area contributed by atoms with Crippen LogP contribution in [0.5, 0.6) is 0 Å². The first kappa shape index (κ1) is 16.4. The highest BCUT2D eigenvalue weighted by Gasteiger charge is 2.25. The van der Waals surface area contributed by atoms with E-state index < -0.39 is 36.4 Å². The highest BCUT2D eigenvalue weighted by atomic mass is 16.6. The first-order chi connectivity index (χ1) is 9.43. The van der Waals surface area contributed by atoms with E-state index in [-0.39, 0.29) is 12.8 Å². The molecule has 0 amide bonds. The lowest BCUT2D eigenvalue weighted by atomic mass is 10.1. The minimum absolute atomic E-state index is 0.00800. The fraction of sp³-hybridized carbons (Fsp3) is 0.571. The molecule has 4 atom stereocenters. The summed E-state index contributed by atoms with van der Waals surface area (Å²) in [5, 5.41) is 19.3. The van der Waals surface area contributed by atoms with Crippen molar-refractivity contribution in [2.24, 2.45) is 0 Å². The Balaban J connectivity index is 2.86. The molecule has 2 N–H and O–H groups in total. The molecule has 0 radical (unpaired) electrons. The summed E-state index contributed by atoms with van der Waals surface area (Å²) >= 11 is 0. The zero-order valence-electron chi connectivity index (χ0n) is 11.6. The molecule has 0 bridgehead atoms. The molecule has 1 aliphatic rings. The van der Waals surface area contributed by atoms with E-state index in [0.717, 1.165) is 0 Å². The fourth-order valence-electron chi connectivity index (χ4n) is 1.72. The van der Waals surface area contributed by atoms with Crippen molar-refractivity contribution < 1.29 is 29.3 Å². The van der Waals surface area contributed by atoms with Crippen LogP contribution in [0, 0.1) is 0 Å². The standard InChI is InChI=1S/C14H20O6/c1-3-4-13(17)20-12-7-5-10(15)11(16)6-8-14(18)19-9(12)2/h3-5,7,9-12,15-16H,6,8H2,1-2H3/b4-3+,7-5+. The van der Waals surface area contributed by atoms with Gasteiger partial charge in [-0.1, -0.05) is 12.2 Å². The Morgan fingerprint density at radius 1 is 1.45 bits per heavy atom. The van der Waals surface area contributed by atoms with Crippen LogP contribution in [0.2, 0.25) is 0 Å². The minimum Gasteiger partial charge on any atom is -0.458 e. The van der Waals surface area contributed by atoms with E-state index in [9.17, 15) is 19.8 Å². The van der Waals surface area contributed by atoms with Gasteiger partial charge in [-0.25, -0.2) is 4.79 Å². The molecule has 1 heterocycles. The summed E-state index contributed by atoms with van der Waals surface area (Å²) < 4.78 is 10.2. The highest BCUT2D eigenvalue weighted by Crippen LogP contribution is 2.14. The van der Waals surface area contributed by atoms with Crippen molar-refractivity contribution in [1.29, 1.82) is 0 Å². The average Bonchev–Trinajstić information content (AvgIpc) is 2.39. The van der Waals surface area contributed by atoms with E-state index in [2.05, 4.69) is 0 Å². The SMILES string of the molecule is C/C=C/C(=O)OC1/C=C/C(O)C(O)CCC(=O)OC1C. The summed E-state index contributed by atoms with van der Waals surface area (Å²) in [5.74, 6) is -1.08. The predicted octanol–water partition coefficient (Wildman–Crippen LogP) is 0.478. The van der Waals surface area contributed by atoms with Gasteiger partial charge in [0.05, 0.1) is 12.2 Å². The Morgan fingerprint density at radius 2 is 2.15 bits per heavy atom. The van der Waals surface area contributed by atoms with Crippen LogP contribution in [0.1, 0.15) is 26.7 Å². The van der Waals surface area contributed by atoms with Gasteiger partial charge >= 0.3 is 11.9 Å². The van der Waals surface area contributed by atoms with Gasteiger partial charge in [0, 0.05) is 12.5 Å². The summed E-state index contributed by atoms with van der Waals surface area (Å²) in [6, 6.07) is 0. The number of hydrogen-bond donors (Lipinski definition) is 2. The second-order valence-electron chi connectivity index (χ2n) is 4.58. The maximum absolute atomic E-state index is 11.5. The molecule has 112 valence electrons. The molecule has 1 aliphatic heterocycles. The van der Waals surface area contributed by atoms with Gasteiger partial charge in [-0.05, 0) is 26.3 Å². The molecule has 6 heteroatoms. The van der Waals surface area contributed by atoms with Crippen LogP contribution in [0.4, 0.5) is 0 Å². The third-order valence-corrected chi connectivity index (χ3v) is 2.87.